The molecule has 0 N–H and O–H groups in total. The highest BCUT2D eigenvalue weighted by Gasteiger charge is 2.61. The molecule has 0 aliphatic heterocycles. The van der Waals surface area contributed by atoms with Crippen molar-refractivity contribution in [3.05, 3.63) is 60.4 Å². The van der Waals surface area contributed by atoms with Gasteiger partial charge >= 0.3 is 0 Å². The lowest BCUT2D eigenvalue weighted by Gasteiger charge is -2.26. The lowest BCUT2D eigenvalue weighted by atomic mass is 9.87. The Hall–Kier alpha value is -2.60. The highest BCUT2D eigenvalue weighted by molar-refractivity contribution is 5.45. The zero-order chi connectivity index (χ0) is 18.2. The number of hydrogen-bond donors (Lipinski definition) is 0. The molecule has 2 heterocycles. The second-order valence-corrected chi connectivity index (χ2v) is 7.78. The molecule has 6 heteroatoms. The van der Waals surface area contributed by atoms with Crippen molar-refractivity contribution in [1.29, 1.82) is 0 Å². The summed E-state index contributed by atoms with van der Waals surface area (Å²) in [5, 5.41) is 4.02. The first-order valence-electron chi connectivity index (χ1n) is 8.83. The molecular weight excluding hydrogens is 326 g/mol. The number of likely N-dealkylation sites (N-methyl/N-ethyl adjacent to an activating group) is 1. The van der Waals surface area contributed by atoms with E-state index < -0.39 is 0 Å². The van der Waals surface area contributed by atoms with E-state index >= 15 is 0 Å². The van der Waals surface area contributed by atoms with E-state index in [1.807, 2.05) is 0 Å². The molecule has 0 amide bonds. The maximum absolute atomic E-state index is 5.41. The first-order chi connectivity index (χ1) is 12.5. The minimum Gasteiger partial charge on any atom is -0.337 e. The van der Waals surface area contributed by atoms with Crippen LogP contribution in [0.3, 0.4) is 0 Å². The van der Waals surface area contributed by atoms with Gasteiger partial charge in [-0.3, -0.25) is 9.88 Å². The Labute approximate surface area is 153 Å². The number of hydrogen-bond acceptors (Lipinski definition) is 6. The molecule has 0 bridgehead atoms. The number of benzene rings is 1. The highest BCUT2D eigenvalue weighted by atomic mass is 16.5. The van der Waals surface area contributed by atoms with Crippen LogP contribution in [0.4, 0.5) is 0 Å². The van der Waals surface area contributed by atoms with Crippen LogP contribution in [0.1, 0.15) is 31.7 Å². The summed E-state index contributed by atoms with van der Waals surface area (Å²) in [6, 6.07) is 10.8. The lowest BCUT2D eigenvalue weighted by Crippen LogP contribution is -2.32. The smallest absolute Gasteiger partial charge is 0.241 e. The summed E-state index contributed by atoms with van der Waals surface area (Å²) in [6.45, 7) is 6.24. The van der Waals surface area contributed by atoms with Crippen LogP contribution < -0.4 is 0 Å². The average molecular weight is 349 g/mol. The highest BCUT2D eigenvalue weighted by Crippen LogP contribution is 2.64. The van der Waals surface area contributed by atoms with Crippen LogP contribution in [0.2, 0.25) is 0 Å². The monoisotopic (exact) mass is 349 g/mol. The van der Waals surface area contributed by atoms with Crippen molar-refractivity contribution in [2.24, 2.45) is 5.41 Å². The normalized spacial score (nSPS) is 21.1. The van der Waals surface area contributed by atoms with E-state index in [0.717, 1.165) is 6.54 Å². The zero-order valence-corrected chi connectivity index (χ0v) is 15.4. The Balaban J connectivity index is 1.47. The maximum atomic E-state index is 5.41. The van der Waals surface area contributed by atoms with Crippen molar-refractivity contribution < 1.29 is 4.52 Å². The Morgan fingerprint density at radius 3 is 2.58 bits per heavy atom. The van der Waals surface area contributed by atoms with Crippen LogP contribution >= 0.6 is 0 Å². The molecular formula is C20H23N5O. The molecule has 0 spiro atoms. The third kappa shape index (κ3) is 3.01. The second kappa shape index (κ2) is 6.29. The fraction of sp³-hybridized carbons (Fsp3) is 0.400. The van der Waals surface area contributed by atoms with E-state index in [-0.39, 0.29) is 5.41 Å². The lowest BCUT2D eigenvalue weighted by molar-refractivity contribution is 0.235. The third-order valence-electron chi connectivity index (χ3n) is 5.45. The van der Waals surface area contributed by atoms with Gasteiger partial charge in [-0.15, -0.1) is 0 Å². The predicted octanol–water partition coefficient (Wildman–Crippen LogP) is 3.33. The molecule has 0 radical (unpaired) electrons. The molecule has 2 aromatic heterocycles. The summed E-state index contributed by atoms with van der Waals surface area (Å²) in [6.07, 6.45) is 6.06. The van der Waals surface area contributed by atoms with Crippen LogP contribution in [0.15, 0.2) is 53.4 Å². The first-order valence-corrected chi connectivity index (χ1v) is 8.83. The summed E-state index contributed by atoms with van der Waals surface area (Å²) in [4.78, 5) is 15.0. The Bertz CT molecular complexity index is 877. The van der Waals surface area contributed by atoms with Gasteiger partial charge in [-0.1, -0.05) is 49.3 Å². The van der Waals surface area contributed by atoms with Gasteiger partial charge in [-0.05, 0) is 24.4 Å². The van der Waals surface area contributed by atoms with Gasteiger partial charge in [0.05, 0.1) is 12.7 Å². The minimum atomic E-state index is 0.177. The van der Waals surface area contributed by atoms with E-state index in [9.17, 15) is 0 Å². The van der Waals surface area contributed by atoms with Crippen LogP contribution in [-0.4, -0.2) is 38.6 Å². The van der Waals surface area contributed by atoms with Crippen LogP contribution in [-0.2, 0) is 12.0 Å². The van der Waals surface area contributed by atoms with E-state index in [4.69, 9.17) is 4.52 Å². The Morgan fingerprint density at radius 2 is 1.92 bits per heavy atom. The fourth-order valence-electron chi connectivity index (χ4n) is 3.91. The van der Waals surface area contributed by atoms with Crippen molar-refractivity contribution in [1.82, 2.24) is 25.0 Å². The van der Waals surface area contributed by atoms with Gasteiger partial charge in [0.1, 0.15) is 5.69 Å². The summed E-state index contributed by atoms with van der Waals surface area (Å²) in [7, 11) is 2.10. The van der Waals surface area contributed by atoms with E-state index in [2.05, 4.69) is 76.2 Å². The van der Waals surface area contributed by atoms with Crippen molar-refractivity contribution in [2.45, 2.75) is 32.2 Å². The van der Waals surface area contributed by atoms with Gasteiger partial charge in [0.15, 0.2) is 0 Å². The number of rotatable bonds is 6. The van der Waals surface area contributed by atoms with Crippen molar-refractivity contribution in [3.63, 3.8) is 0 Å². The molecule has 26 heavy (non-hydrogen) atoms. The topological polar surface area (TPSA) is 67.9 Å². The molecule has 1 aliphatic carbocycles. The molecule has 3 aromatic rings. The average Bonchev–Trinajstić information content (AvgIpc) is 2.97. The minimum absolute atomic E-state index is 0.177. The maximum Gasteiger partial charge on any atom is 0.241 e. The fourth-order valence-corrected chi connectivity index (χ4v) is 3.91. The van der Waals surface area contributed by atoms with Crippen molar-refractivity contribution in [2.75, 3.05) is 13.6 Å². The standard InChI is InChI=1S/C20H23N5O/c1-19(2)13-20(19,15-7-5-4-6-8-15)14-25(3)12-17-23-18(24-26-17)16-11-21-9-10-22-16/h4-11H,12-14H2,1-3H3/t20-/m1/s1. The van der Waals surface area contributed by atoms with E-state index in [0.29, 0.717) is 29.4 Å². The molecule has 6 nitrogen and oxygen atoms in total. The zero-order valence-electron chi connectivity index (χ0n) is 15.4. The van der Waals surface area contributed by atoms with Gasteiger partial charge in [-0.25, -0.2) is 4.98 Å². The summed E-state index contributed by atoms with van der Waals surface area (Å²) < 4.78 is 5.41. The number of aromatic nitrogens is 4. The second-order valence-electron chi connectivity index (χ2n) is 7.78. The molecule has 1 atom stereocenters. The van der Waals surface area contributed by atoms with E-state index in [1.165, 1.54) is 12.0 Å². The third-order valence-corrected chi connectivity index (χ3v) is 5.45. The molecule has 134 valence electrons. The van der Waals surface area contributed by atoms with Gasteiger partial charge < -0.3 is 4.52 Å². The van der Waals surface area contributed by atoms with Crippen molar-refractivity contribution >= 4 is 0 Å². The quantitative estimate of drug-likeness (QED) is 0.680. The largest absolute Gasteiger partial charge is 0.337 e. The van der Waals surface area contributed by atoms with Gasteiger partial charge in [0.25, 0.3) is 0 Å². The summed E-state index contributed by atoms with van der Waals surface area (Å²) in [5.41, 5.74) is 2.50. The first kappa shape index (κ1) is 16.8. The molecule has 1 saturated carbocycles. The summed E-state index contributed by atoms with van der Waals surface area (Å²) in [5.74, 6) is 1.07. The molecule has 1 aromatic carbocycles. The predicted molar refractivity (Wildman–Crippen MR) is 98.2 cm³/mol. The van der Waals surface area contributed by atoms with E-state index in [1.54, 1.807) is 18.6 Å². The van der Waals surface area contributed by atoms with Gasteiger partial charge in [0.2, 0.25) is 11.7 Å². The Morgan fingerprint density at radius 1 is 1.15 bits per heavy atom. The van der Waals surface area contributed by atoms with Crippen LogP contribution in [0.5, 0.6) is 0 Å². The summed E-state index contributed by atoms with van der Waals surface area (Å²) >= 11 is 0. The molecule has 4 rings (SSSR count). The van der Waals surface area contributed by atoms with Gasteiger partial charge in [-0.2, -0.15) is 4.98 Å². The molecule has 0 unspecified atom stereocenters. The number of nitrogens with zero attached hydrogens (tertiary/aromatic N) is 5. The Kier molecular flexibility index (Phi) is 4.07. The van der Waals surface area contributed by atoms with Crippen LogP contribution in [0, 0.1) is 5.41 Å². The van der Waals surface area contributed by atoms with Crippen LogP contribution in [0.25, 0.3) is 11.5 Å². The van der Waals surface area contributed by atoms with Gasteiger partial charge in [0, 0.05) is 24.4 Å². The molecule has 1 aliphatic rings. The SMILES string of the molecule is CN(Cc1nc(-c2cnccn2)no1)C[C@@]1(c2ccccc2)CC1(C)C. The van der Waals surface area contributed by atoms with Crippen molar-refractivity contribution in [3.8, 4) is 11.5 Å². The molecule has 0 saturated heterocycles. The molecule has 1 fully saturated rings.